The van der Waals surface area contributed by atoms with Crippen molar-refractivity contribution in [3.8, 4) is 5.75 Å². The molecule has 1 unspecified atom stereocenters. The van der Waals surface area contributed by atoms with Gasteiger partial charge in [-0.15, -0.1) is 0 Å². The van der Waals surface area contributed by atoms with Crippen molar-refractivity contribution in [1.29, 1.82) is 0 Å². The van der Waals surface area contributed by atoms with Crippen LogP contribution in [-0.4, -0.2) is 26.6 Å². The number of carbonyl (C=O) groups excluding carboxylic acids is 1. The number of benzene rings is 2. The molecule has 0 aromatic heterocycles. The zero-order valence-corrected chi connectivity index (χ0v) is 12.7. The molecule has 0 spiro atoms. The van der Waals surface area contributed by atoms with Crippen molar-refractivity contribution < 1.29 is 18.8 Å². The second-order valence-electron chi connectivity index (χ2n) is 5.22. The van der Waals surface area contributed by atoms with Gasteiger partial charge in [-0.3, -0.25) is 4.79 Å². The van der Waals surface area contributed by atoms with Crippen LogP contribution in [0.4, 0.5) is 10.1 Å². The fourth-order valence-electron chi connectivity index (χ4n) is 2.21. The largest absolute Gasteiger partial charge is 0.497 e. The molecule has 0 saturated heterocycles. The van der Waals surface area contributed by atoms with Crippen LogP contribution >= 0.6 is 0 Å². The molecular weight excluding hydrogens is 283 g/mol. The number of hydrogen-bond acceptors (Lipinski definition) is 2. The number of carbonyl (C=O) groups is 1. The number of likely N-dealkylation sites (N-methyl/N-ethyl adjacent to an activating group) is 1. The molecule has 2 aromatic carbocycles. The molecule has 4 nitrogen and oxygen atoms in total. The molecule has 1 atom stereocenters. The van der Waals surface area contributed by atoms with Crippen molar-refractivity contribution >= 4 is 11.6 Å². The van der Waals surface area contributed by atoms with E-state index in [0.29, 0.717) is 18.8 Å². The van der Waals surface area contributed by atoms with Gasteiger partial charge in [0.15, 0.2) is 6.54 Å². The highest BCUT2D eigenvalue weighted by Crippen LogP contribution is 2.11. The Balaban J connectivity index is 1.86. The summed E-state index contributed by atoms with van der Waals surface area (Å²) in [6, 6.07) is 13.5. The lowest BCUT2D eigenvalue weighted by Crippen LogP contribution is -3.08. The predicted molar refractivity (Wildman–Crippen MR) is 83.5 cm³/mol. The lowest BCUT2D eigenvalue weighted by molar-refractivity contribution is -0.885. The molecule has 5 heteroatoms. The topological polar surface area (TPSA) is 42.8 Å². The molecule has 2 N–H and O–H groups in total. The molecule has 0 aliphatic heterocycles. The summed E-state index contributed by atoms with van der Waals surface area (Å²) in [6.45, 7) is 1.04. The summed E-state index contributed by atoms with van der Waals surface area (Å²) in [6.07, 6.45) is 0. The monoisotopic (exact) mass is 303 g/mol. The van der Waals surface area contributed by atoms with Gasteiger partial charge in [-0.1, -0.05) is 12.1 Å². The maximum Gasteiger partial charge on any atom is 0.279 e. The number of hydrogen-bond donors (Lipinski definition) is 2. The van der Waals surface area contributed by atoms with Crippen LogP contribution in [-0.2, 0) is 11.3 Å². The Morgan fingerprint density at radius 3 is 2.64 bits per heavy atom. The third kappa shape index (κ3) is 4.86. The second kappa shape index (κ2) is 7.56. The first-order chi connectivity index (χ1) is 10.6. The quantitative estimate of drug-likeness (QED) is 0.849. The van der Waals surface area contributed by atoms with E-state index >= 15 is 0 Å². The Kier molecular flexibility index (Phi) is 5.49. The van der Waals surface area contributed by atoms with Crippen molar-refractivity contribution in [2.75, 3.05) is 26.0 Å². The molecule has 0 aliphatic rings. The van der Waals surface area contributed by atoms with E-state index in [4.69, 9.17) is 4.74 Å². The molecule has 22 heavy (non-hydrogen) atoms. The molecule has 2 aromatic rings. The molecule has 2 rings (SSSR count). The van der Waals surface area contributed by atoms with Crippen molar-refractivity contribution in [3.05, 3.63) is 59.9 Å². The fourth-order valence-corrected chi connectivity index (χ4v) is 2.21. The highest BCUT2D eigenvalue weighted by atomic mass is 19.1. The van der Waals surface area contributed by atoms with Crippen molar-refractivity contribution in [2.45, 2.75) is 6.54 Å². The molecule has 0 aliphatic carbocycles. The normalized spacial score (nSPS) is 11.8. The van der Waals surface area contributed by atoms with Crippen molar-refractivity contribution in [1.82, 2.24) is 0 Å². The van der Waals surface area contributed by atoms with Gasteiger partial charge in [-0.2, -0.15) is 0 Å². The molecule has 0 saturated carbocycles. The molecule has 0 bridgehead atoms. The SMILES string of the molecule is COc1cccc(C[NH+](C)CC(=O)Nc2ccc(F)cc2)c1. The zero-order chi connectivity index (χ0) is 15.9. The van der Waals surface area contributed by atoms with Crippen LogP contribution < -0.4 is 15.0 Å². The lowest BCUT2D eigenvalue weighted by Gasteiger charge is -2.14. The molecule has 0 radical (unpaired) electrons. The Hall–Kier alpha value is -2.40. The van der Waals surface area contributed by atoms with Gasteiger partial charge in [-0.05, 0) is 36.4 Å². The Labute approximate surface area is 129 Å². The highest BCUT2D eigenvalue weighted by Gasteiger charge is 2.11. The first-order valence-corrected chi connectivity index (χ1v) is 7.06. The summed E-state index contributed by atoms with van der Waals surface area (Å²) in [5, 5.41) is 2.76. The van der Waals surface area contributed by atoms with E-state index < -0.39 is 0 Å². The summed E-state index contributed by atoms with van der Waals surface area (Å²) < 4.78 is 18.0. The summed E-state index contributed by atoms with van der Waals surface area (Å²) in [7, 11) is 3.58. The zero-order valence-electron chi connectivity index (χ0n) is 12.7. The molecule has 0 heterocycles. The van der Waals surface area contributed by atoms with E-state index in [1.807, 2.05) is 31.3 Å². The van der Waals surface area contributed by atoms with E-state index in [-0.39, 0.29) is 11.7 Å². The van der Waals surface area contributed by atoms with Gasteiger partial charge < -0.3 is 15.0 Å². The Morgan fingerprint density at radius 1 is 1.23 bits per heavy atom. The van der Waals surface area contributed by atoms with Crippen LogP contribution in [0.25, 0.3) is 0 Å². The Morgan fingerprint density at radius 2 is 1.95 bits per heavy atom. The first kappa shape index (κ1) is 16.0. The predicted octanol–water partition coefficient (Wildman–Crippen LogP) is 1.49. The lowest BCUT2D eigenvalue weighted by atomic mass is 10.2. The van der Waals surface area contributed by atoms with E-state index in [0.717, 1.165) is 16.2 Å². The van der Waals surface area contributed by atoms with Gasteiger partial charge in [-0.25, -0.2) is 4.39 Å². The number of ether oxygens (including phenoxy) is 1. The number of amides is 1. The van der Waals surface area contributed by atoms with Gasteiger partial charge in [0.05, 0.1) is 14.2 Å². The minimum absolute atomic E-state index is 0.105. The van der Waals surface area contributed by atoms with Crippen LogP contribution in [0.1, 0.15) is 5.56 Å². The summed E-state index contributed by atoms with van der Waals surface area (Å²) in [4.78, 5) is 13.0. The van der Waals surface area contributed by atoms with E-state index in [1.165, 1.54) is 12.1 Å². The first-order valence-electron chi connectivity index (χ1n) is 7.06. The van der Waals surface area contributed by atoms with E-state index in [1.54, 1.807) is 19.2 Å². The summed E-state index contributed by atoms with van der Waals surface area (Å²) in [5.41, 5.74) is 1.70. The van der Waals surface area contributed by atoms with Crippen LogP contribution in [0.2, 0.25) is 0 Å². The third-order valence-electron chi connectivity index (χ3n) is 3.23. The van der Waals surface area contributed by atoms with Crippen LogP contribution in [0.15, 0.2) is 48.5 Å². The molecule has 116 valence electrons. The number of anilines is 1. The Bertz CT molecular complexity index is 629. The van der Waals surface area contributed by atoms with Crippen LogP contribution in [0.3, 0.4) is 0 Å². The fraction of sp³-hybridized carbons (Fsp3) is 0.235. The summed E-state index contributed by atoms with van der Waals surface area (Å²) in [5.74, 6) is 0.381. The van der Waals surface area contributed by atoms with Crippen molar-refractivity contribution in [3.63, 3.8) is 0 Å². The standard InChI is InChI=1S/C17H19FN2O2/c1-20(11-13-4-3-5-16(10-13)22-2)12-17(21)19-15-8-6-14(18)7-9-15/h3-10H,11-12H2,1-2H3,(H,19,21)/p+1. The minimum Gasteiger partial charge on any atom is -0.497 e. The van der Waals surface area contributed by atoms with Crippen molar-refractivity contribution in [2.24, 2.45) is 0 Å². The maximum absolute atomic E-state index is 12.8. The molecule has 0 fully saturated rings. The molecular formula is C17H20FN2O2+. The van der Waals surface area contributed by atoms with Gasteiger partial charge in [0, 0.05) is 11.3 Å². The average molecular weight is 303 g/mol. The summed E-state index contributed by atoms with van der Waals surface area (Å²) >= 11 is 0. The van der Waals surface area contributed by atoms with Gasteiger partial charge in [0.2, 0.25) is 0 Å². The number of rotatable bonds is 6. The number of halogens is 1. The molecule has 1 amide bonds. The number of quaternary nitrogens is 1. The minimum atomic E-state index is -0.321. The van der Waals surface area contributed by atoms with Gasteiger partial charge >= 0.3 is 0 Å². The smallest absolute Gasteiger partial charge is 0.279 e. The van der Waals surface area contributed by atoms with Gasteiger partial charge in [0.1, 0.15) is 18.1 Å². The van der Waals surface area contributed by atoms with Crippen LogP contribution in [0, 0.1) is 5.82 Å². The highest BCUT2D eigenvalue weighted by molar-refractivity contribution is 5.91. The van der Waals surface area contributed by atoms with E-state index in [2.05, 4.69) is 5.32 Å². The second-order valence-corrected chi connectivity index (χ2v) is 5.22. The van der Waals surface area contributed by atoms with Crippen LogP contribution in [0.5, 0.6) is 5.75 Å². The average Bonchev–Trinajstić information content (AvgIpc) is 2.49. The maximum atomic E-state index is 12.8. The number of nitrogens with one attached hydrogen (secondary N) is 2. The third-order valence-corrected chi connectivity index (χ3v) is 3.23. The van der Waals surface area contributed by atoms with Gasteiger partial charge in [0.25, 0.3) is 5.91 Å². The number of methoxy groups -OCH3 is 1. The van der Waals surface area contributed by atoms with E-state index in [9.17, 15) is 9.18 Å².